The number of benzene rings is 2. The lowest BCUT2D eigenvalue weighted by Gasteiger charge is -2.01. The van der Waals surface area contributed by atoms with E-state index in [0.29, 0.717) is 16.7 Å². The molecular weight excluding hydrogens is 226 g/mol. The van der Waals surface area contributed by atoms with Gasteiger partial charge in [0, 0.05) is 0 Å². The summed E-state index contributed by atoms with van der Waals surface area (Å²) in [6, 6.07) is 15.3. The van der Waals surface area contributed by atoms with Gasteiger partial charge in [0.1, 0.15) is 5.52 Å². The first kappa shape index (κ1) is 10.4. The predicted octanol–water partition coefficient (Wildman–Crippen LogP) is 2.95. The van der Waals surface area contributed by atoms with Crippen LogP contribution in [0.5, 0.6) is 0 Å². The van der Waals surface area contributed by atoms with E-state index in [4.69, 9.17) is 15.4 Å². The lowest BCUT2D eigenvalue weighted by molar-refractivity contribution is 0.626. The first-order valence-corrected chi connectivity index (χ1v) is 5.43. The summed E-state index contributed by atoms with van der Waals surface area (Å²) >= 11 is 0. The molecule has 0 radical (unpaired) electrons. The van der Waals surface area contributed by atoms with Crippen molar-refractivity contribution in [2.24, 2.45) is 0 Å². The van der Waals surface area contributed by atoms with Gasteiger partial charge < -0.3 is 10.2 Å². The van der Waals surface area contributed by atoms with Crippen LogP contribution in [0.2, 0.25) is 0 Å². The van der Waals surface area contributed by atoms with Gasteiger partial charge in [-0.2, -0.15) is 10.2 Å². The molecule has 0 aliphatic heterocycles. The Hall–Kier alpha value is -2.80. The van der Waals surface area contributed by atoms with Crippen LogP contribution in [0.15, 0.2) is 46.9 Å². The Morgan fingerprint density at radius 2 is 1.94 bits per heavy atom. The lowest BCUT2D eigenvalue weighted by atomic mass is 10.0. The molecule has 2 N–H and O–H groups in total. The Labute approximate surface area is 103 Å². The highest BCUT2D eigenvalue weighted by Gasteiger charge is 2.05. The van der Waals surface area contributed by atoms with Crippen LogP contribution in [-0.2, 0) is 0 Å². The number of anilines is 1. The third-order valence-corrected chi connectivity index (χ3v) is 2.73. The number of nitrogen functional groups attached to an aromatic ring is 1. The van der Waals surface area contributed by atoms with Gasteiger partial charge >= 0.3 is 0 Å². The molecule has 18 heavy (non-hydrogen) atoms. The second-order valence-electron chi connectivity index (χ2n) is 3.93. The lowest BCUT2D eigenvalue weighted by Crippen LogP contribution is -1.82. The normalized spacial score (nSPS) is 10.4. The van der Waals surface area contributed by atoms with Crippen molar-refractivity contribution < 1.29 is 4.42 Å². The van der Waals surface area contributed by atoms with Crippen LogP contribution < -0.4 is 5.73 Å². The van der Waals surface area contributed by atoms with Crippen molar-refractivity contribution in [2.45, 2.75) is 0 Å². The number of nitrogens with two attached hydrogens (primary N) is 1. The van der Waals surface area contributed by atoms with Crippen molar-refractivity contribution in [3.63, 3.8) is 0 Å². The molecule has 1 heterocycles. The predicted molar refractivity (Wildman–Crippen MR) is 68.6 cm³/mol. The number of fused-ring (bicyclic) bond motifs is 1. The van der Waals surface area contributed by atoms with Crippen LogP contribution >= 0.6 is 0 Å². The summed E-state index contributed by atoms with van der Waals surface area (Å²) in [5, 5.41) is 8.89. The van der Waals surface area contributed by atoms with E-state index < -0.39 is 0 Å². The van der Waals surface area contributed by atoms with Crippen molar-refractivity contribution in [3.05, 3.63) is 48.0 Å². The smallest absolute Gasteiger partial charge is 0.292 e. The average Bonchev–Trinajstić information content (AvgIpc) is 2.77. The summed E-state index contributed by atoms with van der Waals surface area (Å²) in [6.45, 7) is 0. The van der Waals surface area contributed by atoms with E-state index in [-0.39, 0.29) is 6.01 Å². The molecule has 0 saturated carbocycles. The highest BCUT2D eigenvalue weighted by Crippen LogP contribution is 2.25. The minimum absolute atomic E-state index is 0.160. The van der Waals surface area contributed by atoms with Gasteiger partial charge in [0.15, 0.2) is 5.58 Å². The number of aromatic nitrogens is 1. The fourth-order valence-electron chi connectivity index (χ4n) is 1.89. The maximum atomic E-state index is 8.89. The van der Waals surface area contributed by atoms with Crippen LogP contribution in [0.1, 0.15) is 5.56 Å². The molecular formula is C14H9N3O. The van der Waals surface area contributed by atoms with Gasteiger partial charge in [-0.05, 0) is 35.4 Å². The molecule has 0 spiro atoms. The van der Waals surface area contributed by atoms with Crippen LogP contribution in [-0.4, -0.2) is 4.98 Å². The van der Waals surface area contributed by atoms with E-state index >= 15 is 0 Å². The zero-order valence-electron chi connectivity index (χ0n) is 9.42. The third kappa shape index (κ3) is 1.68. The molecule has 0 amide bonds. The standard InChI is InChI=1S/C14H9N3O/c15-8-9-2-1-3-10(6-9)11-4-5-13-12(7-11)17-14(16)18-13/h1-7H,(H2,16,17). The molecule has 0 bridgehead atoms. The van der Waals surface area contributed by atoms with E-state index in [1.54, 1.807) is 6.07 Å². The van der Waals surface area contributed by atoms with E-state index in [0.717, 1.165) is 11.1 Å². The molecule has 4 nitrogen and oxygen atoms in total. The second kappa shape index (κ2) is 3.90. The minimum Gasteiger partial charge on any atom is -0.424 e. The highest BCUT2D eigenvalue weighted by atomic mass is 16.4. The van der Waals surface area contributed by atoms with E-state index in [9.17, 15) is 0 Å². The monoisotopic (exact) mass is 235 g/mol. The number of hydrogen-bond acceptors (Lipinski definition) is 4. The summed E-state index contributed by atoms with van der Waals surface area (Å²) in [5.41, 5.74) is 9.46. The van der Waals surface area contributed by atoms with Gasteiger partial charge in [-0.3, -0.25) is 0 Å². The summed E-state index contributed by atoms with van der Waals surface area (Å²) in [4.78, 5) is 4.09. The Kier molecular flexibility index (Phi) is 2.24. The maximum absolute atomic E-state index is 8.89. The van der Waals surface area contributed by atoms with Gasteiger partial charge in [0.05, 0.1) is 11.6 Å². The Morgan fingerprint density at radius 1 is 1.11 bits per heavy atom. The van der Waals surface area contributed by atoms with Crippen molar-refractivity contribution in [2.75, 3.05) is 5.73 Å². The quantitative estimate of drug-likeness (QED) is 0.703. The summed E-state index contributed by atoms with van der Waals surface area (Å²) < 4.78 is 5.22. The number of oxazole rings is 1. The van der Waals surface area contributed by atoms with Gasteiger partial charge in [-0.25, -0.2) is 0 Å². The molecule has 0 aliphatic rings. The number of nitrogens with zero attached hydrogens (tertiary/aromatic N) is 2. The largest absolute Gasteiger partial charge is 0.424 e. The topological polar surface area (TPSA) is 75.8 Å². The summed E-state index contributed by atoms with van der Waals surface area (Å²) in [7, 11) is 0. The highest BCUT2D eigenvalue weighted by molar-refractivity contribution is 5.81. The molecule has 0 aliphatic carbocycles. The number of hydrogen-bond donors (Lipinski definition) is 1. The van der Waals surface area contributed by atoms with Crippen molar-refractivity contribution in [1.29, 1.82) is 5.26 Å². The summed E-state index contributed by atoms with van der Waals surface area (Å²) in [5.74, 6) is 0. The fourth-order valence-corrected chi connectivity index (χ4v) is 1.89. The average molecular weight is 235 g/mol. The van der Waals surface area contributed by atoms with Crippen molar-refractivity contribution >= 4 is 17.1 Å². The zero-order valence-corrected chi connectivity index (χ0v) is 9.42. The Bertz CT molecular complexity index is 768. The molecule has 3 aromatic rings. The number of nitriles is 1. The van der Waals surface area contributed by atoms with E-state index in [1.807, 2.05) is 36.4 Å². The molecule has 3 rings (SSSR count). The maximum Gasteiger partial charge on any atom is 0.292 e. The van der Waals surface area contributed by atoms with E-state index in [1.165, 1.54) is 0 Å². The molecule has 86 valence electrons. The molecule has 0 atom stereocenters. The fraction of sp³-hybridized carbons (Fsp3) is 0. The van der Waals surface area contributed by atoms with Crippen LogP contribution in [0.25, 0.3) is 22.2 Å². The molecule has 0 unspecified atom stereocenters. The van der Waals surface area contributed by atoms with Gasteiger partial charge in [-0.15, -0.1) is 0 Å². The van der Waals surface area contributed by atoms with Crippen molar-refractivity contribution in [1.82, 2.24) is 4.98 Å². The number of rotatable bonds is 1. The molecule has 0 saturated heterocycles. The zero-order chi connectivity index (χ0) is 12.5. The SMILES string of the molecule is N#Cc1cccc(-c2ccc3oc(N)nc3c2)c1. The minimum atomic E-state index is 0.160. The van der Waals surface area contributed by atoms with Crippen LogP contribution in [0, 0.1) is 11.3 Å². The van der Waals surface area contributed by atoms with Crippen LogP contribution in [0.4, 0.5) is 6.01 Å². The molecule has 4 heteroatoms. The van der Waals surface area contributed by atoms with Crippen LogP contribution in [0.3, 0.4) is 0 Å². The van der Waals surface area contributed by atoms with Gasteiger partial charge in [-0.1, -0.05) is 18.2 Å². The second-order valence-corrected chi connectivity index (χ2v) is 3.93. The third-order valence-electron chi connectivity index (χ3n) is 2.73. The molecule has 2 aromatic carbocycles. The van der Waals surface area contributed by atoms with Crippen molar-refractivity contribution in [3.8, 4) is 17.2 Å². The first-order valence-electron chi connectivity index (χ1n) is 5.43. The summed E-state index contributed by atoms with van der Waals surface area (Å²) in [6.07, 6.45) is 0. The van der Waals surface area contributed by atoms with E-state index in [2.05, 4.69) is 11.1 Å². The molecule has 0 fully saturated rings. The van der Waals surface area contributed by atoms with Gasteiger partial charge in [0.2, 0.25) is 0 Å². The van der Waals surface area contributed by atoms with Gasteiger partial charge in [0.25, 0.3) is 6.01 Å². The Morgan fingerprint density at radius 3 is 2.78 bits per heavy atom. The first-order chi connectivity index (χ1) is 8.76. The Balaban J connectivity index is 2.16. The molecule has 1 aromatic heterocycles.